The molecule has 0 bridgehead atoms. The molecule has 40 heavy (non-hydrogen) atoms. The Morgan fingerprint density at radius 1 is 1.15 bits per heavy atom. The zero-order valence-corrected chi connectivity index (χ0v) is 21.9. The number of nitrogens with zero attached hydrogens (tertiary/aromatic N) is 4. The summed E-state index contributed by atoms with van der Waals surface area (Å²) < 4.78 is 39.1. The second-order valence-corrected chi connectivity index (χ2v) is 9.23. The highest BCUT2D eigenvalue weighted by Gasteiger charge is 2.38. The number of carbonyl (C=O) groups is 1. The number of halogens is 3. The molecule has 0 radical (unpaired) electrons. The van der Waals surface area contributed by atoms with Crippen LogP contribution in [0.1, 0.15) is 25.3 Å². The van der Waals surface area contributed by atoms with Crippen LogP contribution in [0.15, 0.2) is 73.1 Å². The summed E-state index contributed by atoms with van der Waals surface area (Å²) in [4.78, 5) is 15.9. The molecular formula is C28H31F3N6O3. The Kier molecular flexibility index (Phi) is 9.43. The molecule has 0 saturated carbocycles. The van der Waals surface area contributed by atoms with Crippen LogP contribution in [0.5, 0.6) is 5.75 Å². The van der Waals surface area contributed by atoms with Crippen LogP contribution < -0.4 is 15.4 Å². The van der Waals surface area contributed by atoms with Gasteiger partial charge in [0.1, 0.15) is 11.6 Å². The van der Waals surface area contributed by atoms with Crippen molar-refractivity contribution in [3.05, 3.63) is 78.6 Å². The number of alkyl halides is 3. The normalized spacial score (nSPS) is 15.7. The predicted molar refractivity (Wildman–Crippen MR) is 146 cm³/mol. The first-order valence-corrected chi connectivity index (χ1v) is 12.9. The Bertz CT molecular complexity index is 1380. The Balaban J connectivity index is 0.000000470. The van der Waals surface area contributed by atoms with Crippen molar-refractivity contribution in [2.45, 2.75) is 38.5 Å². The van der Waals surface area contributed by atoms with Crippen LogP contribution in [-0.2, 0) is 11.3 Å². The number of aliphatic carboxylic acids is 1. The number of piperidine rings is 1. The summed E-state index contributed by atoms with van der Waals surface area (Å²) in [6.45, 7) is 5.76. The number of aromatic nitrogens is 3. The summed E-state index contributed by atoms with van der Waals surface area (Å²) >= 11 is 0. The third-order valence-corrected chi connectivity index (χ3v) is 6.15. The van der Waals surface area contributed by atoms with E-state index in [4.69, 9.17) is 19.7 Å². The van der Waals surface area contributed by atoms with Crippen molar-refractivity contribution in [1.29, 1.82) is 0 Å². The molecule has 1 unspecified atom stereocenters. The van der Waals surface area contributed by atoms with Crippen LogP contribution in [0.2, 0.25) is 0 Å². The summed E-state index contributed by atoms with van der Waals surface area (Å²) in [5, 5.41) is 19.0. The van der Waals surface area contributed by atoms with Crippen LogP contribution in [0, 0.1) is 0 Å². The molecule has 1 aliphatic heterocycles. The summed E-state index contributed by atoms with van der Waals surface area (Å²) in [7, 11) is 0. The second kappa shape index (κ2) is 13.2. The van der Waals surface area contributed by atoms with E-state index in [1.54, 1.807) is 6.20 Å². The summed E-state index contributed by atoms with van der Waals surface area (Å²) in [6.07, 6.45) is 0.885. The van der Waals surface area contributed by atoms with Gasteiger partial charge in [-0.2, -0.15) is 13.2 Å². The molecule has 3 N–H and O–H groups in total. The lowest BCUT2D eigenvalue weighted by atomic mass is 10.0. The van der Waals surface area contributed by atoms with Gasteiger partial charge in [0, 0.05) is 43.3 Å². The average molecular weight is 557 g/mol. The van der Waals surface area contributed by atoms with Crippen LogP contribution in [0.25, 0.3) is 5.65 Å². The lowest BCUT2D eigenvalue weighted by Crippen LogP contribution is -2.41. The first-order chi connectivity index (χ1) is 19.2. The Labute approximate surface area is 229 Å². The number of ether oxygens (including phenoxy) is 1. The molecule has 12 heteroatoms. The van der Waals surface area contributed by atoms with Gasteiger partial charge in [-0.1, -0.05) is 30.3 Å². The molecule has 3 heterocycles. The molecule has 1 saturated heterocycles. The van der Waals surface area contributed by atoms with E-state index in [2.05, 4.69) is 56.9 Å². The van der Waals surface area contributed by atoms with Crippen molar-refractivity contribution in [3.63, 3.8) is 0 Å². The van der Waals surface area contributed by atoms with Gasteiger partial charge in [0.25, 0.3) is 0 Å². The fourth-order valence-electron chi connectivity index (χ4n) is 4.40. The van der Waals surface area contributed by atoms with Gasteiger partial charge in [0.2, 0.25) is 0 Å². The molecule has 212 valence electrons. The third-order valence-electron chi connectivity index (χ3n) is 6.15. The van der Waals surface area contributed by atoms with Gasteiger partial charge >= 0.3 is 12.1 Å². The number of anilines is 3. The van der Waals surface area contributed by atoms with Crippen molar-refractivity contribution in [2.24, 2.45) is 0 Å². The Hall–Kier alpha value is -4.32. The topological polar surface area (TPSA) is 104 Å². The number of likely N-dealkylation sites (tertiary alicyclic amines) is 1. The molecule has 4 aromatic rings. The van der Waals surface area contributed by atoms with E-state index >= 15 is 0 Å². The smallest absolute Gasteiger partial charge is 0.490 e. The van der Waals surface area contributed by atoms with Gasteiger partial charge < -0.3 is 20.5 Å². The second-order valence-electron chi connectivity index (χ2n) is 9.23. The van der Waals surface area contributed by atoms with Gasteiger partial charge in [-0.25, -0.2) is 14.3 Å². The van der Waals surface area contributed by atoms with Crippen molar-refractivity contribution < 1.29 is 27.8 Å². The minimum Gasteiger partial charge on any atom is -0.494 e. The number of nitrogens with one attached hydrogen (secondary N) is 2. The number of hydrogen-bond donors (Lipinski definition) is 3. The van der Waals surface area contributed by atoms with E-state index in [1.807, 2.05) is 41.9 Å². The molecule has 1 atom stereocenters. The molecule has 0 aliphatic carbocycles. The minimum absolute atomic E-state index is 0.356. The van der Waals surface area contributed by atoms with E-state index in [0.29, 0.717) is 12.6 Å². The first kappa shape index (κ1) is 28.7. The maximum absolute atomic E-state index is 10.6. The molecule has 9 nitrogen and oxygen atoms in total. The number of carboxylic acid groups (broad SMARTS) is 1. The van der Waals surface area contributed by atoms with E-state index < -0.39 is 12.1 Å². The van der Waals surface area contributed by atoms with Crippen molar-refractivity contribution in [2.75, 3.05) is 30.3 Å². The first-order valence-electron chi connectivity index (χ1n) is 12.9. The van der Waals surface area contributed by atoms with Crippen LogP contribution >= 0.6 is 0 Å². The molecule has 0 spiro atoms. The van der Waals surface area contributed by atoms with Gasteiger partial charge in [0.05, 0.1) is 12.3 Å². The zero-order valence-electron chi connectivity index (χ0n) is 21.9. The monoisotopic (exact) mass is 556 g/mol. The molecule has 1 aliphatic rings. The summed E-state index contributed by atoms with van der Waals surface area (Å²) in [5.74, 6) is -1.04. The number of benzene rings is 2. The summed E-state index contributed by atoms with van der Waals surface area (Å²) in [6, 6.07) is 21.1. The highest BCUT2D eigenvalue weighted by atomic mass is 19.4. The van der Waals surface area contributed by atoms with Crippen molar-refractivity contribution >= 4 is 28.8 Å². The van der Waals surface area contributed by atoms with Crippen molar-refractivity contribution in [1.82, 2.24) is 19.5 Å². The van der Waals surface area contributed by atoms with E-state index in [9.17, 15) is 13.2 Å². The zero-order chi connectivity index (χ0) is 28.5. The number of imidazole rings is 1. The molecule has 2 aromatic carbocycles. The molecule has 1 fully saturated rings. The van der Waals surface area contributed by atoms with E-state index in [0.717, 1.165) is 54.6 Å². The minimum atomic E-state index is -5.08. The quantitative estimate of drug-likeness (QED) is 0.258. The SMILES string of the molecule is CCOc1ccc(Nc2cc(NC3CCCN(Cc4ccccc4)C3)nn3ccnc23)cc1.O=C(O)C(F)(F)F. The van der Waals surface area contributed by atoms with Crippen molar-refractivity contribution in [3.8, 4) is 5.75 Å². The number of rotatable bonds is 8. The third kappa shape index (κ3) is 8.09. The Morgan fingerprint density at radius 2 is 1.88 bits per heavy atom. The number of carboxylic acids is 1. The van der Waals surface area contributed by atoms with E-state index in [-0.39, 0.29) is 0 Å². The van der Waals surface area contributed by atoms with Crippen LogP contribution in [0.3, 0.4) is 0 Å². The predicted octanol–water partition coefficient (Wildman–Crippen LogP) is 5.58. The average Bonchev–Trinajstić information content (AvgIpc) is 3.40. The van der Waals surface area contributed by atoms with Gasteiger partial charge in [-0.15, -0.1) is 5.10 Å². The molecular weight excluding hydrogens is 525 g/mol. The summed E-state index contributed by atoms with van der Waals surface area (Å²) in [5.41, 5.74) is 4.05. The number of hydrogen-bond acceptors (Lipinski definition) is 7. The molecule has 2 aromatic heterocycles. The number of fused-ring (bicyclic) bond motifs is 1. The lowest BCUT2D eigenvalue weighted by Gasteiger charge is -2.33. The van der Waals surface area contributed by atoms with Gasteiger partial charge in [-0.3, -0.25) is 4.90 Å². The maximum Gasteiger partial charge on any atom is 0.490 e. The van der Waals surface area contributed by atoms with Crippen LogP contribution in [-0.4, -0.2) is 62.5 Å². The molecule has 0 amide bonds. The van der Waals surface area contributed by atoms with E-state index in [1.165, 1.54) is 12.0 Å². The van der Waals surface area contributed by atoms with Gasteiger partial charge in [0.15, 0.2) is 5.65 Å². The highest BCUT2D eigenvalue weighted by molar-refractivity contribution is 5.76. The largest absolute Gasteiger partial charge is 0.494 e. The fraction of sp³-hybridized carbons (Fsp3) is 0.321. The fourth-order valence-corrected chi connectivity index (χ4v) is 4.40. The standard InChI is InChI=1S/C26H30N6O.C2HF3O2/c1-2-33-23-12-10-21(11-13-23)28-24-17-25(30-32-16-14-27-26(24)32)29-22-9-6-15-31(19-22)18-20-7-4-3-5-8-20;3-2(4,5)1(6)7/h3-5,7-8,10-14,16-17,22,28H,2,6,9,15,18-19H2,1H3,(H,29,30);(H,6,7). The Morgan fingerprint density at radius 3 is 2.55 bits per heavy atom. The van der Waals surface area contributed by atoms with Crippen LogP contribution in [0.4, 0.5) is 30.4 Å². The maximum atomic E-state index is 10.6. The highest BCUT2D eigenvalue weighted by Crippen LogP contribution is 2.26. The van der Waals surface area contributed by atoms with Gasteiger partial charge in [-0.05, 0) is 56.1 Å². The lowest BCUT2D eigenvalue weighted by molar-refractivity contribution is -0.192. The molecule has 5 rings (SSSR count).